The lowest BCUT2D eigenvalue weighted by Crippen LogP contribution is -2.34. The van der Waals surface area contributed by atoms with E-state index in [1.54, 1.807) is 0 Å². The van der Waals surface area contributed by atoms with Gasteiger partial charge in [-0.25, -0.2) is 0 Å². The van der Waals surface area contributed by atoms with E-state index in [0.717, 1.165) is 43.0 Å². The Balaban J connectivity index is 1.40. The summed E-state index contributed by atoms with van der Waals surface area (Å²) < 4.78 is 0. The Morgan fingerprint density at radius 3 is 2.54 bits per heavy atom. The average Bonchev–Trinajstić information content (AvgIpc) is 2.73. The van der Waals surface area contributed by atoms with Crippen LogP contribution in [0.25, 0.3) is 0 Å². The van der Waals surface area contributed by atoms with Crippen LogP contribution in [0.5, 0.6) is 0 Å². The van der Waals surface area contributed by atoms with Gasteiger partial charge < -0.3 is 10.2 Å². The fraction of sp³-hybridized carbons (Fsp3) is 0.480. The lowest BCUT2D eigenvalue weighted by molar-refractivity contribution is 0.0939. The molecule has 2 atom stereocenters. The first-order valence-electron chi connectivity index (χ1n) is 10.9. The number of amides is 1. The molecule has 1 aliphatic carbocycles. The topological polar surface area (TPSA) is 32.3 Å². The van der Waals surface area contributed by atoms with Crippen LogP contribution in [-0.2, 0) is 12.8 Å². The van der Waals surface area contributed by atoms with Crippen molar-refractivity contribution in [1.82, 2.24) is 5.32 Å². The fourth-order valence-electron chi connectivity index (χ4n) is 4.64. The van der Waals surface area contributed by atoms with Crippen molar-refractivity contribution in [2.45, 2.75) is 58.4 Å². The molecule has 0 bridgehead atoms. The van der Waals surface area contributed by atoms with Gasteiger partial charge in [-0.15, -0.1) is 0 Å². The van der Waals surface area contributed by atoms with E-state index in [9.17, 15) is 4.79 Å². The first-order chi connectivity index (χ1) is 13.6. The Bertz CT molecular complexity index is 827. The summed E-state index contributed by atoms with van der Waals surface area (Å²) in [7, 11) is 0. The second-order valence-electron chi connectivity index (χ2n) is 8.67. The number of piperidine rings is 1. The van der Waals surface area contributed by atoms with Gasteiger partial charge in [0.05, 0.1) is 6.04 Å². The first-order valence-corrected chi connectivity index (χ1v) is 10.9. The number of anilines is 1. The van der Waals surface area contributed by atoms with Gasteiger partial charge in [0.15, 0.2) is 0 Å². The molecule has 1 heterocycles. The number of carbonyl (C=O) groups is 1. The van der Waals surface area contributed by atoms with Gasteiger partial charge in [0, 0.05) is 24.3 Å². The predicted octanol–water partition coefficient (Wildman–Crippen LogP) is 5.29. The van der Waals surface area contributed by atoms with Crippen LogP contribution in [0.1, 0.15) is 72.6 Å². The molecule has 2 aromatic carbocycles. The van der Waals surface area contributed by atoms with Gasteiger partial charge in [-0.2, -0.15) is 0 Å². The van der Waals surface area contributed by atoms with Crippen LogP contribution >= 0.6 is 0 Å². The SMILES string of the molecule is C[C@H]1CCCN(c2ccc([C@H](C)NC(=O)c3ccc4c(c3)CCCC4)cc2)C1. The van der Waals surface area contributed by atoms with E-state index >= 15 is 0 Å². The molecule has 3 heteroatoms. The van der Waals surface area contributed by atoms with Crippen LogP contribution in [0, 0.1) is 5.92 Å². The summed E-state index contributed by atoms with van der Waals surface area (Å²) >= 11 is 0. The highest BCUT2D eigenvalue weighted by Gasteiger charge is 2.18. The summed E-state index contributed by atoms with van der Waals surface area (Å²) in [6, 6.07) is 14.9. The molecule has 1 fully saturated rings. The number of aryl methyl sites for hydroxylation is 2. The third-order valence-electron chi connectivity index (χ3n) is 6.37. The Morgan fingerprint density at radius 1 is 1.04 bits per heavy atom. The summed E-state index contributed by atoms with van der Waals surface area (Å²) in [5, 5.41) is 3.17. The minimum atomic E-state index is -0.00198. The summed E-state index contributed by atoms with van der Waals surface area (Å²) in [6.07, 6.45) is 7.35. The molecule has 0 unspecified atom stereocenters. The standard InChI is InChI=1S/C25H32N2O/c1-18-6-5-15-27(17-18)24-13-11-20(12-14-24)19(2)26-25(28)23-10-9-21-7-3-4-8-22(21)16-23/h9-14,16,18-19H,3-8,15,17H2,1-2H3,(H,26,28)/t18-,19-/m0/s1. The van der Waals surface area contributed by atoms with Crippen LogP contribution in [-0.4, -0.2) is 19.0 Å². The molecule has 0 saturated carbocycles. The quantitative estimate of drug-likeness (QED) is 0.786. The number of nitrogens with zero attached hydrogens (tertiary/aromatic N) is 1. The van der Waals surface area contributed by atoms with E-state index in [1.165, 1.54) is 42.5 Å². The fourth-order valence-corrected chi connectivity index (χ4v) is 4.64. The van der Waals surface area contributed by atoms with E-state index in [4.69, 9.17) is 0 Å². The highest BCUT2D eigenvalue weighted by Crippen LogP contribution is 2.25. The summed E-state index contributed by atoms with van der Waals surface area (Å²) in [5.74, 6) is 0.790. The molecule has 1 aliphatic heterocycles. The van der Waals surface area contributed by atoms with Crippen LogP contribution in [0.3, 0.4) is 0 Å². The third kappa shape index (κ3) is 4.24. The van der Waals surface area contributed by atoms with Crippen molar-refractivity contribution in [1.29, 1.82) is 0 Å². The molecule has 28 heavy (non-hydrogen) atoms. The van der Waals surface area contributed by atoms with E-state index in [-0.39, 0.29) is 11.9 Å². The Hall–Kier alpha value is -2.29. The number of benzene rings is 2. The molecule has 1 saturated heterocycles. The van der Waals surface area contributed by atoms with Gasteiger partial charge in [-0.3, -0.25) is 4.79 Å². The van der Waals surface area contributed by atoms with E-state index in [2.05, 4.69) is 60.5 Å². The first kappa shape index (κ1) is 19.0. The summed E-state index contributed by atoms with van der Waals surface area (Å²) in [5.41, 5.74) is 6.00. The monoisotopic (exact) mass is 376 g/mol. The number of nitrogens with one attached hydrogen (secondary N) is 1. The molecular weight excluding hydrogens is 344 g/mol. The van der Waals surface area contributed by atoms with Crippen molar-refractivity contribution in [3.05, 3.63) is 64.7 Å². The maximum atomic E-state index is 12.7. The second-order valence-corrected chi connectivity index (χ2v) is 8.67. The number of carbonyl (C=O) groups excluding carboxylic acids is 1. The zero-order chi connectivity index (χ0) is 19.5. The van der Waals surface area contributed by atoms with Gasteiger partial charge in [0.1, 0.15) is 0 Å². The Morgan fingerprint density at radius 2 is 1.79 bits per heavy atom. The molecule has 1 amide bonds. The van der Waals surface area contributed by atoms with Crippen molar-refractivity contribution >= 4 is 11.6 Å². The largest absolute Gasteiger partial charge is 0.371 e. The van der Waals surface area contributed by atoms with E-state index in [1.807, 2.05) is 6.07 Å². The van der Waals surface area contributed by atoms with Gasteiger partial charge >= 0.3 is 0 Å². The zero-order valence-electron chi connectivity index (χ0n) is 17.2. The summed E-state index contributed by atoms with van der Waals surface area (Å²) in [6.45, 7) is 6.69. The maximum Gasteiger partial charge on any atom is 0.251 e. The number of hydrogen-bond donors (Lipinski definition) is 1. The maximum absolute atomic E-state index is 12.7. The number of fused-ring (bicyclic) bond motifs is 1. The van der Waals surface area contributed by atoms with Crippen LogP contribution in [0.15, 0.2) is 42.5 Å². The van der Waals surface area contributed by atoms with Crippen molar-refractivity contribution in [3.63, 3.8) is 0 Å². The van der Waals surface area contributed by atoms with Gasteiger partial charge in [-0.05, 0) is 92.3 Å². The van der Waals surface area contributed by atoms with Crippen LogP contribution < -0.4 is 10.2 Å². The Kier molecular flexibility index (Phi) is 5.70. The van der Waals surface area contributed by atoms with Crippen molar-refractivity contribution in [3.8, 4) is 0 Å². The second kappa shape index (κ2) is 8.38. The highest BCUT2D eigenvalue weighted by atomic mass is 16.1. The lowest BCUT2D eigenvalue weighted by Gasteiger charge is -2.33. The molecule has 1 N–H and O–H groups in total. The predicted molar refractivity (Wildman–Crippen MR) is 116 cm³/mol. The molecule has 0 spiro atoms. The van der Waals surface area contributed by atoms with Gasteiger partial charge in [-0.1, -0.05) is 25.1 Å². The van der Waals surface area contributed by atoms with Crippen LogP contribution in [0.2, 0.25) is 0 Å². The summed E-state index contributed by atoms with van der Waals surface area (Å²) in [4.78, 5) is 15.2. The number of rotatable bonds is 4. The molecule has 0 radical (unpaired) electrons. The van der Waals surface area contributed by atoms with Crippen LogP contribution in [0.4, 0.5) is 5.69 Å². The molecular formula is C25H32N2O. The molecule has 4 rings (SSSR count). The van der Waals surface area contributed by atoms with E-state index in [0.29, 0.717) is 0 Å². The number of hydrogen-bond acceptors (Lipinski definition) is 2. The molecule has 148 valence electrons. The minimum Gasteiger partial charge on any atom is -0.371 e. The molecule has 0 aromatic heterocycles. The van der Waals surface area contributed by atoms with Crippen molar-refractivity contribution in [2.75, 3.05) is 18.0 Å². The molecule has 2 aromatic rings. The average molecular weight is 377 g/mol. The minimum absolute atomic E-state index is 0.00198. The zero-order valence-corrected chi connectivity index (χ0v) is 17.2. The van der Waals surface area contributed by atoms with E-state index < -0.39 is 0 Å². The molecule has 3 nitrogen and oxygen atoms in total. The van der Waals surface area contributed by atoms with Gasteiger partial charge in [0.25, 0.3) is 5.91 Å². The van der Waals surface area contributed by atoms with Crippen molar-refractivity contribution in [2.24, 2.45) is 5.92 Å². The smallest absolute Gasteiger partial charge is 0.251 e. The van der Waals surface area contributed by atoms with Crippen molar-refractivity contribution < 1.29 is 4.79 Å². The Labute approximate surface area is 169 Å². The third-order valence-corrected chi connectivity index (χ3v) is 6.37. The van der Waals surface area contributed by atoms with Gasteiger partial charge in [0.2, 0.25) is 0 Å². The molecule has 2 aliphatic rings. The normalized spacial score (nSPS) is 20.4. The lowest BCUT2D eigenvalue weighted by atomic mass is 9.90. The highest BCUT2D eigenvalue weighted by molar-refractivity contribution is 5.94.